The molecule has 0 amide bonds. The number of pyridine rings is 1. The zero-order chi connectivity index (χ0) is 22.3. The number of anilines is 1. The van der Waals surface area contributed by atoms with Crippen LogP contribution in [0.3, 0.4) is 0 Å². The number of benzene rings is 1. The van der Waals surface area contributed by atoms with Gasteiger partial charge in [-0.05, 0) is 37.6 Å². The molecule has 0 spiro atoms. The highest BCUT2D eigenvalue weighted by atomic mass is 35.5. The Bertz CT molecular complexity index is 1380. The maximum absolute atomic E-state index is 12.8. The summed E-state index contributed by atoms with van der Waals surface area (Å²) in [5, 5.41) is 17.3. The van der Waals surface area contributed by atoms with Gasteiger partial charge in [0.2, 0.25) is 0 Å². The number of aromatic nitrogens is 3. The molecule has 3 aromatic heterocycles. The highest BCUT2D eigenvalue weighted by Crippen LogP contribution is 2.31. The predicted molar refractivity (Wildman–Crippen MR) is 118 cm³/mol. The summed E-state index contributed by atoms with van der Waals surface area (Å²) in [5.74, 6) is -0.793. The van der Waals surface area contributed by atoms with Gasteiger partial charge in [0, 0.05) is 24.9 Å². The summed E-state index contributed by atoms with van der Waals surface area (Å²) in [6.07, 6.45) is 3.39. The minimum atomic E-state index is -1.20. The Morgan fingerprint density at radius 2 is 2.06 bits per heavy atom. The lowest BCUT2D eigenvalue weighted by Gasteiger charge is -2.19. The Balaban J connectivity index is 1.84. The standard InChI is InChI=1S/C22H19ClN4O4/c1-11-6-14(12(2)25-16-4-5-19(23)26-20(16)22(29)30)21-15(7-11)17(28)8-18(31-21)13-9-24-27(3)10-13/h4-10,12,25H,1-3H3,(H,29,30)/t12-/m1/s1. The Hall–Kier alpha value is -3.65. The lowest BCUT2D eigenvalue weighted by molar-refractivity contribution is 0.0691. The summed E-state index contributed by atoms with van der Waals surface area (Å²) >= 11 is 5.85. The molecule has 0 saturated carbocycles. The molecular formula is C22H19ClN4O4. The van der Waals surface area contributed by atoms with E-state index in [4.69, 9.17) is 16.0 Å². The maximum Gasteiger partial charge on any atom is 0.356 e. The first-order chi connectivity index (χ1) is 14.7. The Labute approximate surface area is 182 Å². The smallest absolute Gasteiger partial charge is 0.356 e. The average Bonchev–Trinajstić information content (AvgIpc) is 3.15. The second-order valence-corrected chi connectivity index (χ2v) is 7.70. The maximum atomic E-state index is 12.8. The van der Waals surface area contributed by atoms with Crippen LogP contribution in [-0.2, 0) is 7.05 Å². The molecule has 0 aliphatic heterocycles. The van der Waals surface area contributed by atoms with E-state index in [1.165, 1.54) is 12.1 Å². The van der Waals surface area contributed by atoms with Gasteiger partial charge in [-0.1, -0.05) is 17.7 Å². The number of halogens is 1. The van der Waals surface area contributed by atoms with Gasteiger partial charge < -0.3 is 14.8 Å². The van der Waals surface area contributed by atoms with E-state index in [-0.39, 0.29) is 16.3 Å². The molecule has 0 unspecified atom stereocenters. The normalized spacial score (nSPS) is 12.1. The molecule has 3 heterocycles. The Morgan fingerprint density at radius 3 is 2.74 bits per heavy atom. The van der Waals surface area contributed by atoms with Crippen molar-refractivity contribution in [2.24, 2.45) is 7.05 Å². The first-order valence-electron chi connectivity index (χ1n) is 9.46. The first-order valence-corrected chi connectivity index (χ1v) is 9.84. The molecule has 1 aromatic carbocycles. The summed E-state index contributed by atoms with van der Waals surface area (Å²) < 4.78 is 7.76. The van der Waals surface area contributed by atoms with Crippen LogP contribution in [0, 0.1) is 6.92 Å². The molecule has 31 heavy (non-hydrogen) atoms. The van der Waals surface area contributed by atoms with E-state index in [0.29, 0.717) is 33.5 Å². The van der Waals surface area contributed by atoms with Crippen molar-refractivity contribution in [3.8, 4) is 11.3 Å². The van der Waals surface area contributed by atoms with Gasteiger partial charge in [-0.3, -0.25) is 9.48 Å². The molecule has 4 aromatic rings. The number of aryl methyl sites for hydroxylation is 2. The van der Waals surface area contributed by atoms with Crippen LogP contribution in [0.1, 0.15) is 34.6 Å². The van der Waals surface area contributed by atoms with Crippen molar-refractivity contribution in [1.29, 1.82) is 0 Å². The van der Waals surface area contributed by atoms with E-state index >= 15 is 0 Å². The van der Waals surface area contributed by atoms with Crippen LogP contribution in [0.5, 0.6) is 0 Å². The van der Waals surface area contributed by atoms with Crippen LogP contribution in [0.25, 0.3) is 22.3 Å². The molecule has 0 saturated heterocycles. The average molecular weight is 439 g/mol. The third-order valence-electron chi connectivity index (χ3n) is 4.89. The van der Waals surface area contributed by atoms with Crippen molar-refractivity contribution in [3.05, 3.63) is 74.9 Å². The molecule has 0 bridgehead atoms. The van der Waals surface area contributed by atoms with E-state index in [9.17, 15) is 14.7 Å². The number of carbonyl (C=O) groups is 1. The number of aromatic carboxylic acids is 1. The number of nitrogens with one attached hydrogen (secondary N) is 1. The van der Waals surface area contributed by atoms with Gasteiger partial charge in [0.25, 0.3) is 0 Å². The first kappa shape index (κ1) is 20.6. The number of rotatable bonds is 5. The molecule has 0 aliphatic rings. The van der Waals surface area contributed by atoms with Crippen LogP contribution in [0.15, 0.2) is 51.9 Å². The summed E-state index contributed by atoms with van der Waals surface area (Å²) in [7, 11) is 1.78. The Kier molecular flexibility index (Phi) is 5.24. The summed E-state index contributed by atoms with van der Waals surface area (Å²) in [5.41, 5.74) is 2.66. The number of fused-ring (bicyclic) bond motifs is 1. The highest BCUT2D eigenvalue weighted by molar-refractivity contribution is 6.29. The van der Waals surface area contributed by atoms with E-state index in [0.717, 1.165) is 5.56 Å². The lowest BCUT2D eigenvalue weighted by atomic mass is 10.0. The van der Waals surface area contributed by atoms with Gasteiger partial charge >= 0.3 is 5.97 Å². The van der Waals surface area contributed by atoms with Crippen LogP contribution >= 0.6 is 11.6 Å². The zero-order valence-electron chi connectivity index (χ0n) is 17.0. The minimum absolute atomic E-state index is 0.0868. The zero-order valence-corrected chi connectivity index (χ0v) is 17.8. The van der Waals surface area contributed by atoms with Crippen molar-refractivity contribution in [3.63, 3.8) is 0 Å². The van der Waals surface area contributed by atoms with Crippen molar-refractivity contribution < 1.29 is 14.3 Å². The summed E-state index contributed by atoms with van der Waals surface area (Å²) in [6, 6.07) is 7.81. The van der Waals surface area contributed by atoms with Crippen LogP contribution in [0.2, 0.25) is 5.15 Å². The molecule has 2 N–H and O–H groups in total. The molecule has 0 fully saturated rings. The molecule has 0 radical (unpaired) electrons. The molecular weight excluding hydrogens is 420 g/mol. The van der Waals surface area contributed by atoms with Gasteiger partial charge in [-0.25, -0.2) is 9.78 Å². The second kappa shape index (κ2) is 7.88. The van der Waals surface area contributed by atoms with Crippen LogP contribution < -0.4 is 10.7 Å². The molecule has 158 valence electrons. The molecule has 0 aliphatic carbocycles. The molecule has 4 rings (SSSR count). The largest absolute Gasteiger partial charge is 0.476 e. The van der Waals surface area contributed by atoms with Gasteiger partial charge in [-0.15, -0.1) is 0 Å². The van der Waals surface area contributed by atoms with E-state index < -0.39 is 12.0 Å². The van der Waals surface area contributed by atoms with Gasteiger partial charge in [0.1, 0.15) is 16.5 Å². The fourth-order valence-corrected chi connectivity index (χ4v) is 3.62. The van der Waals surface area contributed by atoms with E-state index in [1.54, 1.807) is 36.3 Å². The Morgan fingerprint density at radius 1 is 1.29 bits per heavy atom. The summed E-state index contributed by atoms with van der Waals surface area (Å²) in [4.78, 5) is 28.3. The molecule has 9 heteroatoms. The number of carboxylic acids is 1. The van der Waals surface area contributed by atoms with Gasteiger partial charge in [0.05, 0.1) is 28.9 Å². The van der Waals surface area contributed by atoms with Crippen LogP contribution in [-0.4, -0.2) is 25.8 Å². The highest BCUT2D eigenvalue weighted by Gasteiger charge is 2.19. The fraction of sp³-hybridized carbons (Fsp3) is 0.182. The third-order valence-corrected chi connectivity index (χ3v) is 5.10. The topological polar surface area (TPSA) is 110 Å². The fourth-order valence-electron chi connectivity index (χ4n) is 3.47. The number of nitrogens with zero attached hydrogens (tertiary/aromatic N) is 3. The summed E-state index contributed by atoms with van der Waals surface area (Å²) in [6.45, 7) is 3.74. The van der Waals surface area contributed by atoms with Gasteiger partial charge in [-0.2, -0.15) is 5.10 Å². The van der Waals surface area contributed by atoms with Gasteiger partial charge in [0.15, 0.2) is 11.1 Å². The quantitative estimate of drug-likeness (QED) is 0.443. The van der Waals surface area contributed by atoms with E-state index in [1.807, 2.05) is 19.9 Å². The molecule has 8 nitrogen and oxygen atoms in total. The predicted octanol–water partition coefficient (Wildman–Crippen LogP) is 4.42. The van der Waals surface area contributed by atoms with Crippen molar-refractivity contribution in [2.45, 2.75) is 19.9 Å². The number of hydrogen-bond donors (Lipinski definition) is 2. The third kappa shape index (κ3) is 4.02. The SMILES string of the molecule is Cc1cc([C@@H](C)Nc2ccc(Cl)nc2C(=O)O)c2oc(-c3cnn(C)c3)cc(=O)c2c1. The number of hydrogen-bond acceptors (Lipinski definition) is 6. The molecule has 1 atom stereocenters. The van der Waals surface area contributed by atoms with Crippen molar-refractivity contribution in [2.75, 3.05) is 5.32 Å². The minimum Gasteiger partial charge on any atom is -0.476 e. The van der Waals surface area contributed by atoms with Crippen LogP contribution in [0.4, 0.5) is 5.69 Å². The lowest BCUT2D eigenvalue weighted by Crippen LogP contribution is -2.13. The second-order valence-electron chi connectivity index (χ2n) is 7.31. The van der Waals surface area contributed by atoms with Crippen molar-refractivity contribution >= 4 is 34.2 Å². The monoisotopic (exact) mass is 438 g/mol. The van der Waals surface area contributed by atoms with Crippen molar-refractivity contribution in [1.82, 2.24) is 14.8 Å². The van der Waals surface area contributed by atoms with E-state index in [2.05, 4.69) is 15.4 Å². The number of carboxylic acid groups (broad SMARTS) is 1.